The Kier molecular flexibility index (Phi) is 7.24. The van der Waals surface area contributed by atoms with Gasteiger partial charge in [0.15, 0.2) is 0 Å². The van der Waals surface area contributed by atoms with E-state index in [1.807, 2.05) is 6.92 Å². The Morgan fingerprint density at radius 2 is 1.85 bits per heavy atom. The van der Waals surface area contributed by atoms with E-state index in [1.165, 1.54) is 57.8 Å². The minimum atomic E-state index is 0.0332. The van der Waals surface area contributed by atoms with Crippen LogP contribution in [0.4, 0.5) is 0 Å². The molecule has 3 fully saturated rings. The Hall–Kier alpha value is -1.05. The predicted molar refractivity (Wildman–Crippen MR) is 140 cm³/mol. The Bertz CT molecular complexity index is 780. The molecule has 186 valence electrons. The molecule has 4 aliphatic carbocycles. The highest BCUT2D eigenvalue weighted by Crippen LogP contribution is 2.67. The van der Waals surface area contributed by atoms with Gasteiger partial charge in [0.2, 0.25) is 5.91 Å². The highest BCUT2D eigenvalue weighted by Gasteiger charge is 2.59. The van der Waals surface area contributed by atoms with Crippen molar-refractivity contribution in [1.29, 1.82) is 0 Å². The molecule has 1 amide bonds. The molecule has 4 rings (SSSR count). The third-order valence-electron chi connectivity index (χ3n) is 11.0. The molecule has 2 nitrogen and oxygen atoms in total. The van der Waals surface area contributed by atoms with Crippen LogP contribution in [0.25, 0.3) is 0 Å². The summed E-state index contributed by atoms with van der Waals surface area (Å²) in [7, 11) is 0. The van der Waals surface area contributed by atoms with Crippen LogP contribution in [-0.4, -0.2) is 11.9 Å². The minimum Gasteiger partial charge on any atom is -0.349 e. The van der Waals surface area contributed by atoms with Gasteiger partial charge in [0.05, 0.1) is 0 Å². The van der Waals surface area contributed by atoms with E-state index in [4.69, 9.17) is 0 Å². The minimum absolute atomic E-state index is 0.0332. The van der Waals surface area contributed by atoms with Gasteiger partial charge < -0.3 is 5.32 Å². The molecule has 0 heterocycles. The number of rotatable bonds is 7. The van der Waals surface area contributed by atoms with Gasteiger partial charge in [0.1, 0.15) is 0 Å². The number of allylic oxidation sites excluding steroid dienone is 1. The lowest BCUT2D eigenvalue weighted by Crippen LogP contribution is -2.52. The molecule has 0 spiro atoms. The van der Waals surface area contributed by atoms with Crippen molar-refractivity contribution in [2.24, 2.45) is 46.3 Å². The van der Waals surface area contributed by atoms with Crippen molar-refractivity contribution in [2.45, 2.75) is 118 Å². The maximum absolute atomic E-state index is 12.2. The zero-order valence-electron chi connectivity index (χ0n) is 22.5. The topological polar surface area (TPSA) is 29.1 Å². The number of hydrogen-bond acceptors (Lipinski definition) is 1. The van der Waals surface area contributed by atoms with E-state index in [2.05, 4.69) is 52.6 Å². The first-order valence-corrected chi connectivity index (χ1v) is 14.2. The molecular weight excluding hydrogens is 402 g/mol. The molecule has 0 bridgehead atoms. The average molecular weight is 454 g/mol. The molecule has 0 aromatic rings. The Morgan fingerprint density at radius 3 is 2.55 bits per heavy atom. The van der Waals surface area contributed by atoms with Crippen LogP contribution >= 0.6 is 0 Å². The van der Waals surface area contributed by atoms with Gasteiger partial charge in [-0.25, -0.2) is 0 Å². The van der Waals surface area contributed by atoms with E-state index >= 15 is 0 Å². The van der Waals surface area contributed by atoms with Gasteiger partial charge in [-0.2, -0.15) is 0 Å². The molecule has 2 heteroatoms. The van der Waals surface area contributed by atoms with Crippen LogP contribution in [-0.2, 0) is 4.79 Å². The molecule has 0 aliphatic heterocycles. The predicted octanol–water partition coefficient (Wildman–Crippen LogP) is 8.09. The Labute approximate surface area is 204 Å². The highest BCUT2D eigenvalue weighted by atomic mass is 16.1. The maximum atomic E-state index is 12.2. The Balaban J connectivity index is 1.45. The highest BCUT2D eigenvalue weighted by molar-refractivity contribution is 5.92. The smallest absolute Gasteiger partial charge is 0.246 e. The summed E-state index contributed by atoms with van der Waals surface area (Å²) in [6, 6.07) is 0.293. The zero-order valence-corrected chi connectivity index (χ0v) is 22.5. The number of nitrogens with one attached hydrogen (secondary N) is 1. The molecule has 0 aromatic heterocycles. The lowest BCUT2D eigenvalue weighted by Gasteiger charge is -2.58. The van der Waals surface area contributed by atoms with Gasteiger partial charge >= 0.3 is 0 Å². The van der Waals surface area contributed by atoms with E-state index in [0.717, 1.165) is 48.3 Å². The van der Waals surface area contributed by atoms with E-state index < -0.39 is 0 Å². The SMILES string of the molecule is C=C(C)C(=O)N[C@H]1CC[C@@]2(C)C(=CC[C@@H]3[C@@H]2CC[C@]2(C)C([C@H](C)CCCC(C)C)CC[C@@H]32)C1. The van der Waals surface area contributed by atoms with Crippen molar-refractivity contribution < 1.29 is 4.79 Å². The van der Waals surface area contributed by atoms with Crippen LogP contribution in [0.2, 0.25) is 0 Å². The summed E-state index contributed by atoms with van der Waals surface area (Å²) in [6.45, 7) is 18.2. The summed E-state index contributed by atoms with van der Waals surface area (Å²) < 4.78 is 0. The standard InChI is InChI=1S/C31H51NO/c1-20(2)9-8-10-22(5)26-13-14-27-25-12-11-23-19-24(32-29(33)21(3)4)15-17-30(23,6)28(25)16-18-31(26,27)7/h11,20,22,24-28H,3,8-10,12-19H2,1-2,4-7H3,(H,32,33)/t22-,24+,25+,26?,27+,28+,30+,31-/m1/s1. The van der Waals surface area contributed by atoms with Crippen molar-refractivity contribution in [1.82, 2.24) is 5.32 Å². The second-order valence-electron chi connectivity index (χ2n) is 13.5. The number of amides is 1. The second-order valence-corrected chi connectivity index (χ2v) is 13.5. The van der Waals surface area contributed by atoms with Gasteiger partial charge in [-0.1, -0.05) is 72.1 Å². The number of hydrogen-bond donors (Lipinski definition) is 1. The molecule has 1 N–H and O–H groups in total. The van der Waals surface area contributed by atoms with Crippen LogP contribution in [0.3, 0.4) is 0 Å². The molecule has 0 saturated heterocycles. The normalized spacial score (nSPS) is 40.9. The van der Waals surface area contributed by atoms with Crippen molar-refractivity contribution in [3.05, 3.63) is 23.8 Å². The van der Waals surface area contributed by atoms with Crippen LogP contribution in [0, 0.1) is 46.3 Å². The van der Waals surface area contributed by atoms with Gasteiger partial charge in [0.25, 0.3) is 0 Å². The number of fused-ring (bicyclic) bond motifs is 5. The zero-order chi connectivity index (χ0) is 24.0. The summed E-state index contributed by atoms with van der Waals surface area (Å²) in [5.41, 5.74) is 3.20. The van der Waals surface area contributed by atoms with Crippen LogP contribution in [0.5, 0.6) is 0 Å². The van der Waals surface area contributed by atoms with Gasteiger partial charge in [-0.05, 0) is 105 Å². The molecule has 8 atom stereocenters. The number of carbonyl (C=O) groups is 1. The molecule has 1 unspecified atom stereocenters. The fraction of sp³-hybridized carbons (Fsp3) is 0.839. The van der Waals surface area contributed by atoms with Gasteiger partial charge in [-0.15, -0.1) is 0 Å². The first-order chi connectivity index (χ1) is 15.6. The summed E-state index contributed by atoms with van der Waals surface area (Å²) in [4.78, 5) is 12.2. The van der Waals surface area contributed by atoms with E-state index in [9.17, 15) is 4.79 Å². The molecule has 4 aliphatic rings. The largest absolute Gasteiger partial charge is 0.349 e. The summed E-state index contributed by atoms with van der Waals surface area (Å²) >= 11 is 0. The van der Waals surface area contributed by atoms with Crippen molar-refractivity contribution in [3.8, 4) is 0 Å². The fourth-order valence-corrected chi connectivity index (χ4v) is 9.12. The lowest BCUT2D eigenvalue weighted by molar-refractivity contribution is -0.118. The third-order valence-corrected chi connectivity index (χ3v) is 11.0. The van der Waals surface area contributed by atoms with Gasteiger partial charge in [0, 0.05) is 11.6 Å². The third kappa shape index (κ3) is 4.62. The first kappa shape index (κ1) is 25.1. The van der Waals surface area contributed by atoms with Crippen LogP contribution in [0.15, 0.2) is 23.8 Å². The fourth-order valence-electron chi connectivity index (χ4n) is 9.12. The second kappa shape index (κ2) is 9.54. The van der Waals surface area contributed by atoms with Gasteiger partial charge in [-0.3, -0.25) is 4.79 Å². The molecule has 0 aromatic carbocycles. The molecule has 3 saturated carbocycles. The van der Waals surface area contributed by atoms with Crippen LogP contribution in [0.1, 0.15) is 112 Å². The average Bonchev–Trinajstić information content (AvgIpc) is 3.11. The number of carbonyl (C=O) groups excluding carboxylic acids is 1. The van der Waals surface area contributed by atoms with Crippen molar-refractivity contribution in [2.75, 3.05) is 0 Å². The summed E-state index contributed by atoms with van der Waals surface area (Å²) in [5, 5.41) is 3.25. The van der Waals surface area contributed by atoms with Crippen LogP contribution < -0.4 is 5.32 Å². The van der Waals surface area contributed by atoms with E-state index in [1.54, 1.807) is 5.57 Å². The lowest BCUT2D eigenvalue weighted by atomic mass is 9.47. The molecule has 33 heavy (non-hydrogen) atoms. The first-order valence-electron chi connectivity index (χ1n) is 14.2. The van der Waals surface area contributed by atoms with Crippen molar-refractivity contribution in [3.63, 3.8) is 0 Å². The van der Waals surface area contributed by atoms with E-state index in [-0.39, 0.29) is 5.91 Å². The maximum Gasteiger partial charge on any atom is 0.246 e. The monoisotopic (exact) mass is 453 g/mol. The quantitative estimate of drug-likeness (QED) is 0.306. The van der Waals surface area contributed by atoms with E-state index in [0.29, 0.717) is 22.4 Å². The Morgan fingerprint density at radius 1 is 1.09 bits per heavy atom. The molecular formula is C31H51NO. The van der Waals surface area contributed by atoms with Crippen molar-refractivity contribution >= 4 is 5.91 Å². The summed E-state index contributed by atoms with van der Waals surface area (Å²) in [6.07, 6.45) is 17.3. The summed E-state index contributed by atoms with van der Waals surface area (Å²) in [5.74, 6) is 5.34. The molecule has 0 radical (unpaired) electrons.